The van der Waals surface area contributed by atoms with Gasteiger partial charge in [0.2, 0.25) is 0 Å². The summed E-state index contributed by atoms with van der Waals surface area (Å²) >= 11 is 0. The van der Waals surface area contributed by atoms with Gasteiger partial charge in [-0.25, -0.2) is 4.79 Å². The Kier molecular flexibility index (Phi) is 2.16. The summed E-state index contributed by atoms with van der Waals surface area (Å²) in [5, 5.41) is 17.8. The number of hydrogen-bond acceptors (Lipinski definition) is 4. The van der Waals surface area contributed by atoms with Gasteiger partial charge in [-0.3, -0.25) is 5.84 Å². The van der Waals surface area contributed by atoms with E-state index in [0.29, 0.717) is 0 Å². The van der Waals surface area contributed by atoms with Crippen molar-refractivity contribution in [3.8, 4) is 5.75 Å². The highest BCUT2D eigenvalue weighted by Crippen LogP contribution is 2.25. The molecular weight excluding hydrogens is 160 g/mol. The Bertz CT molecular complexity index is 312. The molecule has 0 aliphatic carbocycles. The van der Waals surface area contributed by atoms with E-state index in [1.165, 1.54) is 18.2 Å². The van der Waals surface area contributed by atoms with Gasteiger partial charge in [-0.05, 0) is 12.1 Å². The number of aromatic carboxylic acids is 1. The number of phenols is 1. The lowest BCUT2D eigenvalue weighted by Gasteiger charge is -2.04. The van der Waals surface area contributed by atoms with E-state index in [-0.39, 0.29) is 17.0 Å². The molecule has 0 amide bonds. The average Bonchev–Trinajstić information content (AvgIpc) is 2.04. The smallest absolute Gasteiger partial charge is 0.339 e. The van der Waals surface area contributed by atoms with Gasteiger partial charge in [-0.1, -0.05) is 6.07 Å². The number of nitrogen functional groups attached to an aromatic ring is 1. The summed E-state index contributed by atoms with van der Waals surface area (Å²) in [6.45, 7) is 0. The van der Waals surface area contributed by atoms with Crippen LogP contribution in [0.4, 0.5) is 5.69 Å². The molecule has 1 aromatic rings. The fraction of sp³-hybridized carbons (Fsp3) is 0. The van der Waals surface area contributed by atoms with Gasteiger partial charge < -0.3 is 15.6 Å². The summed E-state index contributed by atoms with van der Waals surface area (Å²) < 4.78 is 0. The lowest BCUT2D eigenvalue weighted by Crippen LogP contribution is -2.08. The Hall–Kier alpha value is -1.75. The second-order valence-corrected chi connectivity index (χ2v) is 2.15. The number of nitrogens with two attached hydrogens (primary N) is 1. The first-order chi connectivity index (χ1) is 5.66. The molecule has 0 radical (unpaired) electrons. The summed E-state index contributed by atoms with van der Waals surface area (Å²) in [6, 6.07) is 4.25. The van der Waals surface area contributed by atoms with E-state index in [9.17, 15) is 9.90 Å². The lowest BCUT2D eigenvalue weighted by atomic mass is 10.2. The van der Waals surface area contributed by atoms with Gasteiger partial charge in [0.25, 0.3) is 0 Å². The van der Waals surface area contributed by atoms with Crippen LogP contribution in [0.2, 0.25) is 0 Å². The van der Waals surface area contributed by atoms with Gasteiger partial charge in [0, 0.05) is 0 Å². The number of carbonyl (C=O) groups is 1. The van der Waals surface area contributed by atoms with Gasteiger partial charge in [0.15, 0.2) is 5.75 Å². The Labute approximate surface area is 68.4 Å². The number of para-hydroxylation sites is 1. The molecule has 1 rings (SSSR count). The predicted molar refractivity (Wildman–Crippen MR) is 42.9 cm³/mol. The third kappa shape index (κ3) is 1.30. The number of benzene rings is 1. The molecular formula is C7H8N2O3. The SMILES string of the molecule is NNc1cccc(C(=O)O)c1O. The number of aromatic hydroxyl groups is 1. The van der Waals surface area contributed by atoms with E-state index < -0.39 is 5.97 Å². The lowest BCUT2D eigenvalue weighted by molar-refractivity contribution is 0.0694. The molecule has 0 saturated heterocycles. The second kappa shape index (κ2) is 3.10. The topological polar surface area (TPSA) is 95.6 Å². The maximum Gasteiger partial charge on any atom is 0.339 e. The second-order valence-electron chi connectivity index (χ2n) is 2.15. The summed E-state index contributed by atoms with van der Waals surface area (Å²) in [5.41, 5.74) is 2.19. The number of hydrogen-bond donors (Lipinski definition) is 4. The third-order valence-electron chi connectivity index (χ3n) is 1.42. The van der Waals surface area contributed by atoms with Crippen LogP contribution in [0.3, 0.4) is 0 Å². The van der Waals surface area contributed by atoms with E-state index in [4.69, 9.17) is 10.9 Å². The molecule has 12 heavy (non-hydrogen) atoms. The summed E-state index contributed by atoms with van der Waals surface area (Å²) in [7, 11) is 0. The van der Waals surface area contributed by atoms with E-state index in [0.717, 1.165) is 0 Å². The fourth-order valence-corrected chi connectivity index (χ4v) is 0.833. The highest BCUT2D eigenvalue weighted by molar-refractivity contribution is 5.93. The highest BCUT2D eigenvalue weighted by Gasteiger charge is 2.11. The molecule has 0 aliphatic heterocycles. The molecule has 64 valence electrons. The monoisotopic (exact) mass is 168 g/mol. The van der Waals surface area contributed by atoms with Crippen LogP contribution in [0.25, 0.3) is 0 Å². The number of carboxylic acids is 1. The highest BCUT2D eigenvalue weighted by atomic mass is 16.4. The van der Waals surface area contributed by atoms with Crippen molar-refractivity contribution in [3.63, 3.8) is 0 Å². The molecule has 5 N–H and O–H groups in total. The van der Waals surface area contributed by atoms with E-state index >= 15 is 0 Å². The minimum Gasteiger partial charge on any atom is -0.505 e. The molecule has 0 aromatic heterocycles. The van der Waals surface area contributed by atoms with Crippen molar-refractivity contribution in [2.45, 2.75) is 0 Å². The molecule has 0 saturated carbocycles. The van der Waals surface area contributed by atoms with Crippen molar-refractivity contribution in [2.75, 3.05) is 5.43 Å². The minimum absolute atomic E-state index is 0.176. The van der Waals surface area contributed by atoms with Crippen LogP contribution in [0.1, 0.15) is 10.4 Å². The fourth-order valence-electron chi connectivity index (χ4n) is 0.833. The zero-order chi connectivity index (χ0) is 9.14. The molecule has 0 spiro atoms. The van der Waals surface area contributed by atoms with Crippen molar-refractivity contribution >= 4 is 11.7 Å². The zero-order valence-corrected chi connectivity index (χ0v) is 6.11. The Morgan fingerprint density at radius 3 is 2.67 bits per heavy atom. The van der Waals surface area contributed by atoms with Crippen molar-refractivity contribution in [3.05, 3.63) is 23.8 Å². The largest absolute Gasteiger partial charge is 0.505 e. The third-order valence-corrected chi connectivity index (χ3v) is 1.42. The first-order valence-electron chi connectivity index (χ1n) is 3.18. The van der Waals surface area contributed by atoms with E-state index in [1.54, 1.807) is 0 Å². The number of hydrazine groups is 1. The first-order valence-corrected chi connectivity index (χ1v) is 3.18. The maximum atomic E-state index is 10.5. The molecule has 0 heterocycles. The van der Waals surface area contributed by atoms with Gasteiger partial charge in [0.05, 0.1) is 5.69 Å². The van der Waals surface area contributed by atoms with Gasteiger partial charge in [-0.15, -0.1) is 0 Å². The van der Waals surface area contributed by atoms with Crippen molar-refractivity contribution in [1.82, 2.24) is 0 Å². The zero-order valence-electron chi connectivity index (χ0n) is 6.11. The molecule has 5 heteroatoms. The van der Waals surface area contributed by atoms with Crippen LogP contribution in [-0.2, 0) is 0 Å². The summed E-state index contributed by atoms with van der Waals surface area (Å²) in [5.74, 6) is 3.47. The Balaban J connectivity index is 3.23. The van der Waals surface area contributed by atoms with Crippen molar-refractivity contribution in [1.29, 1.82) is 0 Å². The standard InChI is InChI=1S/C7H8N2O3/c8-9-5-3-1-2-4(6(5)10)7(11)12/h1-3,9-10H,8H2,(H,11,12). The van der Waals surface area contributed by atoms with Crippen LogP contribution < -0.4 is 11.3 Å². The predicted octanol–water partition coefficient (Wildman–Crippen LogP) is 0.376. The van der Waals surface area contributed by atoms with Crippen LogP contribution in [0.5, 0.6) is 5.75 Å². The normalized spacial score (nSPS) is 9.42. The van der Waals surface area contributed by atoms with Crippen LogP contribution in [0, 0.1) is 0 Å². The van der Waals surface area contributed by atoms with Crippen LogP contribution in [-0.4, -0.2) is 16.2 Å². The molecule has 1 aromatic carbocycles. The van der Waals surface area contributed by atoms with Gasteiger partial charge in [-0.2, -0.15) is 0 Å². The molecule has 0 aliphatic rings. The number of carboxylic acid groups (broad SMARTS) is 1. The van der Waals surface area contributed by atoms with E-state index in [1.807, 2.05) is 0 Å². The van der Waals surface area contributed by atoms with Crippen LogP contribution in [0.15, 0.2) is 18.2 Å². The Morgan fingerprint density at radius 2 is 2.17 bits per heavy atom. The van der Waals surface area contributed by atoms with Crippen molar-refractivity contribution < 1.29 is 15.0 Å². The molecule has 0 bridgehead atoms. The van der Waals surface area contributed by atoms with Gasteiger partial charge in [0.1, 0.15) is 5.56 Å². The molecule has 0 atom stereocenters. The van der Waals surface area contributed by atoms with E-state index in [2.05, 4.69) is 5.43 Å². The van der Waals surface area contributed by atoms with Crippen molar-refractivity contribution in [2.24, 2.45) is 5.84 Å². The maximum absolute atomic E-state index is 10.5. The molecule has 5 nitrogen and oxygen atoms in total. The first kappa shape index (κ1) is 8.35. The molecule has 0 fully saturated rings. The quantitative estimate of drug-likeness (QED) is 0.291. The van der Waals surface area contributed by atoms with Gasteiger partial charge >= 0.3 is 5.97 Å². The molecule has 0 unspecified atom stereocenters. The number of rotatable bonds is 2. The number of nitrogens with one attached hydrogen (secondary N) is 1. The summed E-state index contributed by atoms with van der Waals surface area (Å²) in [6.07, 6.45) is 0. The minimum atomic E-state index is -1.19. The average molecular weight is 168 g/mol. The Morgan fingerprint density at radius 1 is 1.50 bits per heavy atom. The summed E-state index contributed by atoms with van der Waals surface area (Å²) in [4.78, 5) is 10.5. The van der Waals surface area contributed by atoms with Crippen LogP contribution >= 0.6 is 0 Å². The number of anilines is 1.